The van der Waals surface area contributed by atoms with E-state index in [4.69, 9.17) is 10.5 Å². The molecule has 1 aromatic carbocycles. The number of hydrogen-bond acceptors (Lipinski definition) is 2. The highest BCUT2D eigenvalue weighted by Gasteiger charge is 2.20. The molecule has 0 aromatic heterocycles. The average Bonchev–Trinajstić information content (AvgIpc) is 2.50. The number of nitrogens with zero attached hydrogens (tertiary/aromatic N) is 1. The lowest BCUT2D eigenvalue weighted by Crippen LogP contribution is -2.36. The van der Waals surface area contributed by atoms with Crippen LogP contribution in [0.1, 0.15) is 43.7 Å². The molecule has 1 unspecified atom stereocenters. The van der Waals surface area contributed by atoms with Crippen LogP contribution in [0.25, 0.3) is 0 Å². The van der Waals surface area contributed by atoms with Crippen molar-refractivity contribution in [2.24, 2.45) is 16.6 Å². The molecule has 0 spiro atoms. The van der Waals surface area contributed by atoms with E-state index in [0.29, 0.717) is 17.8 Å². The molecule has 3 N–H and O–H groups in total. The second kappa shape index (κ2) is 7.34. The Hall–Kier alpha value is -1.71. The minimum atomic E-state index is 0.507. The highest BCUT2D eigenvalue weighted by Crippen LogP contribution is 2.33. The van der Waals surface area contributed by atoms with E-state index in [9.17, 15) is 0 Å². The summed E-state index contributed by atoms with van der Waals surface area (Å²) in [5.41, 5.74) is 8.75. The quantitative estimate of drug-likeness (QED) is 0.647. The Balaban J connectivity index is 1.98. The molecule has 1 aromatic rings. The van der Waals surface area contributed by atoms with Crippen LogP contribution in [0.15, 0.2) is 23.2 Å². The van der Waals surface area contributed by atoms with Crippen LogP contribution in [0.3, 0.4) is 0 Å². The summed E-state index contributed by atoms with van der Waals surface area (Å²) in [5.74, 6) is 2.55. The molecule has 1 atom stereocenters. The van der Waals surface area contributed by atoms with E-state index in [2.05, 4.69) is 36.3 Å². The molecule has 2 rings (SSSR count). The van der Waals surface area contributed by atoms with Crippen LogP contribution in [0.2, 0.25) is 0 Å². The Morgan fingerprint density at radius 1 is 1.48 bits per heavy atom. The summed E-state index contributed by atoms with van der Waals surface area (Å²) < 4.78 is 5.31. The fourth-order valence-corrected chi connectivity index (χ4v) is 2.79. The van der Waals surface area contributed by atoms with Crippen molar-refractivity contribution in [1.82, 2.24) is 5.32 Å². The molecule has 0 heterocycles. The Morgan fingerprint density at radius 2 is 2.29 bits per heavy atom. The van der Waals surface area contributed by atoms with Gasteiger partial charge in [-0.15, -0.1) is 0 Å². The topological polar surface area (TPSA) is 59.6 Å². The zero-order chi connectivity index (χ0) is 15.2. The third kappa shape index (κ3) is 4.38. The minimum absolute atomic E-state index is 0.507. The van der Waals surface area contributed by atoms with Crippen LogP contribution in [-0.2, 0) is 6.42 Å². The first-order valence-electron chi connectivity index (χ1n) is 7.80. The maximum absolute atomic E-state index is 5.92. The van der Waals surface area contributed by atoms with E-state index in [1.807, 2.05) is 6.07 Å². The first-order valence-corrected chi connectivity index (χ1v) is 7.80. The van der Waals surface area contributed by atoms with Gasteiger partial charge >= 0.3 is 0 Å². The number of ether oxygens (including phenoxy) is 1. The number of nitrogens with two attached hydrogens (primary N) is 1. The molecule has 1 aliphatic rings. The van der Waals surface area contributed by atoms with Gasteiger partial charge in [0.25, 0.3) is 0 Å². The summed E-state index contributed by atoms with van der Waals surface area (Å²) >= 11 is 0. The van der Waals surface area contributed by atoms with Gasteiger partial charge in [0, 0.05) is 19.0 Å². The number of aryl methyl sites for hydroxylation is 1. The van der Waals surface area contributed by atoms with Crippen LogP contribution in [0.5, 0.6) is 5.75 Å². The van der Waals surface area contributed by atoms with Gasteiger partial charge in [0.2, 0.25) is 0 Å². The van der Waals surface area contributed by atoms with Gasteiger partial charge in [0.15, 0.2) is 5.96 Å². The van der Waals surface area contributed by atoms with E-state index in [1.165, 1.54) is 24.0 Å². The van der Waals surface area contributed by atoms with Crippen LogP contribution in [0, 0.1) is 5.92 Å². The zero-order valence-electron chi connectivity index (χ0n) is 13.4. The highest BCUT2D eigenvalue weighted by molar-refractivity contribution is 5.77. The summed E-state index contributed by atoms with van der Waals surface area (Å²) in [5, 5.41) is 3.27. The van der Waals surface area contributed by atoms with Gasteiger partial charge in [0.05, 0.1) is 7.11 Å². The molecule has 21 heavy (non-hydrogen) atoms. The van der Waals surface area contributed by atoms with Gasteiger partial charge in [-0.05, 0) is 48.4 Å². The van der Waals surface area contributed by atoms with Crippen molar-refractivity contribution in [3.05, 3.63) is 29.3 Å². The monoisotopic (exact) mass is 289 g/mol. The molecule has 0 aliphatic heterocycles. The number of benzene rings is 1. The third-order valence-corrected chi connectivity index (χ3v) is 3.95. The third-order valence-electron chi connectivity index (χ3n) is 3.95. The molecular weight excluding hydrogens is 262 g/mol. The predicted octanol–water partition coefficient (Wildman–Crippen LogP) is 2.68. The highest BCUT2D eigenvalue weighted by atomic mass is 16.5. The lowest BCUT2D eigenvalue weighted by molar-refractivity contribution is 0.412. The number of guanidine groups is 1. The van der Waals surface area contributed by atoms with Gasteiger partial charge in [-0.1, -0.05) is 19.9 Å². The zero-order valence-corrected chi connectivity index (χ0v) is 13.4. The van der Waals surface area contributed by atoms with Crippen molar-refractivity contribution in [3.63, 3.8) is 0 Å². The molecular formula is C17H27N3O. The molecule has 0 saturated heterocycles. The second-order valence-corrected chi connectivity index (χ2v) is 6.15. The first-order chi connectivity index (χ1) is 10.1. The van der Waals surface area contributed by atoms with E-state index in [-0.39, 0.29) is 0 Å². The number of methoxy groups -OCH3 is 1. The summed E-state index contributed by atoms with van der Waals surface area (Å²) in [6.45, 7) is 5.91. The number of rotatable bonds is 5. The molecule has 0 radical (unpaired) electrons. The van der Waals surface area contributed by atoms with Crippen LogP contribution >= 0.6 is 0 Å². The number of hydrogen-bond donors (Lipinski definition) is 2. The van der Waals surface area contributed by atoms with Crippen molar-refractivity contribution < 1.29 is 4.74 Å². The first kappa shape index (κ1) is 15.7. The van der Waals surface area contributed by atoms with Gasteiger partial charge < -0.3 is 15.8 Å². The SMILES string of the molecule is COc1ccc2c(c1)CCCC2CNC(N)=NCC(C)C. The molecule has 0 bridgehead atoms. The molecule has 0 fully saturated rings. The number of nitrogens with one attached hydrogen (secondary N) is 1. The molecule has 116 valence electrons. The Labute approximate surface area is 127 Å². The maximum atomic E-state index is 5.92. The van der Waals surface area contributed by atoms with Crippen molar-refractivity contribution in [3.8, 4) is 5.75 Å². The molecule has 0 saturated carbocycles. The largest absolute Gasteiger partial charge is 0.497 e. The minimum Gasteiger partial charge on any atom is -0.497 e. The fourth-order valence-electron chi connectivity index (χ4n) is 2.79. The van der Waals surface area contributed by atoms with E-state index in [0.717, 1.165) is 25.3 Å². The number of fused-ring (bicyclic) bond motifs is 1. The van der Waals surface area contributed by atoms with E-state index in [1.54, 1.807) is 7.11 Å². The van der Waals surface area contributed by atoms with Crippen LogP contribution < -0.4 is 15.8 Å². The normalized spacial score (nSPS) is 18.5. The van der Waals surface area contributed by atoms with Crippen molar-refractivity contribution in [2.45, 2.75) is 39.0 Å². The summed E-state index contributed by atoms with van der Waals surface area (Å²) in [6.07, 6.45) is 3.55. The predicted molar refractivity (Wildman–Crippen MR) is 88.0 cm³/mol. The fraction of sp³-hybridized carbons (Fsp3) is 0.588. The van der Waals surface area contributed by atoms with Crippen molar-refractivity contribution in [1.29, 1.82) is 0 Å². The standard InChI is InChI=1S/C17H27N3O/c1-12(2)10-19-17(18)20-11-14-6-4-5-13-9-15(21-3)7-8-16(13)14/h7-9,12,14H,4-6,10-11H2,1-3H3,(H3,18,19,20). The molecule has 1 aliphatic carbocycles. The summed E-state index contributed by atoms with van der Waals surface area (Å²) in [4.78, 5) is 4.35. The van der Waals surface area contributed by atoms with Crippen molar-refractivity contribution >= 4 is 5.96 Å². The molecule has 4 heteroatoms. The van der Waals surface area contributed by atoms with E-state index < -0.39 is 0 Å². The number of aliphatic imine (C=N–C) groups is 1. The lowest BCUT2D eigenvalue weighted by atomic mass is 9.82. The van der Waals surface area contributed by atoms with Crippen molar-refractivity contribution in [2.75, 3.05) is 20.2 Å². The Morgan fingerprint density at radius 3 is 3.00 bits per heavy atom. The van der Waals surface area contributed by atoms with E-state index >= 15 is 0 Å². The van der Waals surface area contributed by atoms with Crippen LogP contribution in [0.4, 0.5) is 0 Å². The summed E-state index contributed by atoms with van der Waals surface area (Å²) in [7, 11) is 1.72. The Bertz CT molecular complexity index is 497. The second-order valence-electron chi connectivity index (χ2n) is 6.15. The van der Waals surface area contributed by atoms with Gasteiger partial charge in [-0.25, -0.2) is 0 Å². The van der Waals surface area contributed by atoms with Crippen LogP contribution in [-0.4, -0.2) is 26.2 Å². The van der Waals surface area contributed by atoms with Gasteiger partial charge in [-0.2, -0.15) is 0 Å². The van der Waals surface area contributed by atoms with Gasteiger partial charge in [-0.3, -0.25) is 4.99 Å². The molecule has 0 amide bonds. The maximum Gasteiger partial charge on any atom is 0.188 e. The lowest BCUT2D eigenvalue weighted by Gasteiger charge is -2.26. The van der Waals surface area contributed by atoms with Gasteiger partial charge in [0.1, 0.15) is 5.75 Å². The average molecular weight is 289 g/mol. The summed E-state index contributed by atoms with van der Waals surface area (Å²) in [6, 6.07) is 6.41. The molecule has 4 nitrogen and oxygen atoms in total. The Kier molecular flexibility index (Phi) is 5.48. The smallest absolute Gasteiger partial charge is 0.188 e.